The summed E-state index contributed by atoms with van der Waals surface area (Å²) in [6.45, 7) is -0.216. The fourth-order valence-corrected chi connectivity index (χ4v) is 10.1. The predicted molar refractivity (Wildman–Crippen MR) is 92.2 cm³/mol. The van der Waals surface area contributed by atoms with Gasteiger partial charge >= 0.3 is 31.1 Å². The molecule has 0 spiro atoms. The third-order valence-electron chi connectivity index (χ3n) is 3.07. The van der Waals surface area contributed by atoms with E-state index in [9.17, 15) is 43.2 Å². The second-order valence-corrected chi connectivity index (χ2v) is 13.3. The van der Waals surface area contributed by atoms with Crippen molar-refractivity contribution in [1.82, 2.24) is 3.12 Å². The molecule has 0 aliphatic heterocycles. The molecule has 0 fully saturated rings. The van der Waals surface area contributed by atoms with Gasteiger partial charge in [0.15, 0.2) is 0 Å². The van der Waals surface area contributed by atoms with Gasteiger partial charge in [0.05, 0.1) is 5.88 Å². The van der Waals surface area contributed by atoms with Crippen LogP contribution in [-0.2, 0) is 20.0 Å². The van der Waals surface area contributed by atoms with E-state index >= 15 is 0 Å². The monoisotopic (exact) mass is 497 g/mol. The number of sulfonamides is 2. The molecule has 6 nitrogen and oxygen atoms in total. The van der Waals surface area contributed by atoms with Gasteiger partial charge in [-0.1, -0.05) is 12.1 Å². The number of para-hydroxylation sites is 1. The topological polar surface area (TPSA) is 80.8 Å². The van der Waals surface area contributed by atoms with Crippen LogP contribution in [0.25, 0.3) is 0 Å². The van der Waals surface area contributed by atoms with Crippen LogP contribution in [0.1, 0.15) is 0 Å². The first-order chi connectivity index (χ1) is 12.4. The van der Waals surface area contributed by atoms with Gasteiger partial charge in [-0.3, -0.25) is 0 Å². The smallest absolute Gasteiger partial charge is 0.491 e. The van der Waals surface area contributed by atoms with E-state index in [0.29, 0.717) is 12.5 Å². The first-order valence-corrected chi connectivity index (χ1v) is 12.7. The van der Waals surface area contributed by atoms with Gasteiger partial charge in [-0.15, -0.1) is 21.8 Å². The SMILES string of the molecule is CS(C)(c1ccccc1OCCCl)N(S(=O)(=O)C(F)(F)F)S(=O)(=O)C(F)(F)F. The van der Waals surface area contributed by atoms with Gasteiger partial charge in [0.2, 0.25) is 0 Å². The van der Waals surface area contributed by atoms with Crippen LogP contribution in [-0.4, -0.2) is 56.0 Å². The summed E-state index contributed by atoms with van der Waals surface area (Å²) in [5.41, 5.74) is -12.6. The molecule has 0 radical (unpaired) electrons. The van der Waals surface area contributed by atoms with Crippen molar-refractivity contribution in [1.29, 1.82) is 0 Å². The lowest BCUT2D eigenvalue weighted by Crippen LogP contribution is -2.49. The summed E-state index contributed by atoms with van der Waals surface area (Å²) < 4.78 is 129. The molecule has 0 saturated carbocycles. The van der Waals surface area contributed by atoms with Crippen molar-refractivity contribution in [3.63, 3.8) is 0 Å². The van der Waals surface area contributed by atoms with Crippen molar-refractivity contribution >= 4 is 41.9 Å². The molecule has 164 valence electrons. The zero-order chi connectivity index (χ0) is 22.2. The average molecular weight is 498 g/mol. The van der Waals surface area contributed by atoms with Gasteiger partial charge in [0.1, 0.15) is 12.4 Å². The van der Waals surface area contributed by atoms with Gasteiger partial charge < -0.3 is 4.74 Å². The Morgan fingerprint density at radius 3 is 1.75 bits per heavy atom. The molecule has 0 aliphatic carbocycles. The molecule has 0 saturated heterocycles. The summed E-state index contributed by atoms with van der Waals surface area (Å²) in [6.07, 6.45) is 1.31. The molecule has 0 bridgehead atoms. The summed E-state index contributed by atoms with van der Waals surface area (Å²) in [5, 5.41) is 0. The molecule has 28 heavy (non-hydrogen) atoms. The number of ether oxygens (including phenoxy) is 1. The number of rotatable bonds is 7. The molecule has 1 aromatic rings. The molecule has 1 rings (SSSR count). The maximum atomic E-state index is 13.1. The van der Waals surface area contributed by atoms with Gasteiger partial charge in [-0.05, 0) is 27.8 Å². The molecule has 0 N–H and O–H groups in total. The van der Waals surface area contributed by atoms with Crippen LogP contribution in [0, 0.1) is 0 Å². The Labute approximate surface area is 164 Å². The van der Waals surface area contributed by atoms with Crippen molar-refractivity contribution in [2.75, 3.05) is 25.0 Å². The molecule has 0 aromatic heterocycles. The molecular formula is C12H14ClF6NO5S3. The molecule has 1 aromatic carbocycles. The van der Waals surface area contributed by atoms with E-state index in [1.165, 1.54) is 12.1 Å². The van der Waals surface area contributed by atoms with Gasteiger partial charge in [0, 0.05) is 4.90 Å². The maximum absolute atomic E-state index is 13.1. The van der Waals surface area contributed by atoms with Crippen LogP contribution in [0.2, 0.25) is 0 Å². The average Bonchev–Trinajstić information content (AvgIpc) is 2.50. The molecule has 16 heteroatoms. The highest BCUT2D eigenvalue weighted by Crippen LogP contribution is 2.61. The van der Waals surface area contributed by atoms with E-state index in [1.54, 1.807) is 0 Å². The third-order valence-corrected chi connectivity index (χ3v) is 11.9. The van der Waals surface area contributed by atoms with Gasteiger partial charge in [-0.25, -0.2) is 16.8 Å². The maximum Gasteiger partial charge on any atom is 0.513 e. The Balaban J connectivity index is 3.87. The summed E-state index contributed by atoms with van der Waals surface area (Å²) in [7, 11) is -17.9. The zero-order valence-electron chi connectivity index (χ0n) is 14.1. The number of hydrogen-bond donors (Lipinski definition) is 0. The summed E-state index contributed by atoms with van der Waals surface area (Å²) in [6, 6.07) is 4.60. The van der Waals surface area contributed by atoms with Crippen molar-refractivity contribution in [2.24, 2.45) is 0 Å². The van der Waals surface area contributed by atoms with E-state index in [1.807, 2.05) is 0 Å². The van der Waals surface area contributed by atoms with Crippen LogP contribution in [0.3, 0.4) is 0 Å². The van der Waals surface area contributed by atoms with Crippen molar-refractivity contribution < 1.29 is 47.9 Å². The fraction of sp³-hybridized carbons (Fsp3) is 0.500. The van der Waals surface area contributed by atoms with E-state index < -0.39 is 49.3 Å². The van der Waals surface area contributed by atoms with Crippen LogP contribution in [0.5, 0.6) is 5.75 Å². The summed E-state index contributed by atoms with van der Waals surface area (Å²) in [4.78, 5) is -0.472. The minimum atomic E-state index is -6.94. The first-order valence-electron chi connectivity index (χ1n) is 6.86. The van der Waals surface area contributed by atoms with Crippen LogP contribution < -0.4 is 4.74 Å². The van der Waals surface area contributed by atoms with Gasteiger partial charge in [-0.2, -0.15) is 26.3 Å². The third kappa shape index (κ3) is 4.63. The first kappa shape index (κ1) is 25.1. The number of nitrogens with zero attached hydrogens (tertiary/aromatic N) is 1. The van der Waals surface area contributed by atoms with Crippen LogP contribution in [0.4, 0.5) is 26.3 Å². The minimum Gasteiger partial charge on any atom is -0.491 e. The van der Waals surface area contributed by atoms with Gasteiger partial charge in [0.25, 0.3) is 0 Å². The largest absolute Gasteiger partial charge is 0.513 e. The molecule has 0 aliphatic rings. The standard InChI is InChI=1S/C12H14ClF6NO5S3/c1-26(2,10-6-4-3-5-9(10)25-8-7-13)20(27(21,22)11(14,15)16)28(23,24)12(17,18)19/h3-6H,7-8H2,1-2H3. The van der Waals surface area contributed by atoms with Crippen molar-refractivity contribution in [2.45, 2.75) is 15.9 Å². The van der Waals surface area contributed by atoms with Crippen molar-refractivity contribution in [3.8, 4) is 5.75 Å². The second kappa shape index (κ2) is 8.08. The molecular weight excluding hydrogens is 484 g/mol. The second-order valence-electron chi connectivity index (χ2n) is 5.32. The summed E-state index contributed by atoms with van der Waals surface area (Å²) >= 11 is 5.43. The highest BCUT2D eigenvalue weighted by Gasteiger charge is 2.65. The normalized spacial score (nSPS) is 14.9. The predicted octanol–water partition coefficient (Wildman–Crippen LogP) is 3.64. The number of alkyl halides is 7. The van der Waals surface area contributed by atoms with E-state index in [2.05, 4.69) is 0 Å². The number of halogens is 7. The number of hydrogen-bond acceptors (Lipinski definition) is 5. The Hall–Kier alpha value is -0.900. The van der Waals surface area contributed by atoms with E-state index in [0.717, 1.165) is 12.1 Å². The molecule has 0 amide bonds. The number of benzene rings is 1. The van der Waals surface area contributed by atoms with Crippen molar-refractivity contribution in [3.05, 3.63) is 24.3 Å². The van der Waals surface area contributed by atoms with E-state index in [4.69, 9.17) is 16.3 Å². The molecule has 0 unspecified atom stereocenters. The zero-order valence-corrected chi connectivity index (χ0v) is 17.3. The fourth-order valence-electron chi connectivity index (χ4n) is 2.00. The highest BCUT2D eigenvalue weighted by atomic mass is 35.5. The Morgan fingerprint density at radius 2 is 1.36 bits per heavy atom. The van der Waals surface area contributed by atoms with E-state index in [-0.39, 0.29) is 18.2 Å². The quantitative estimate of drug-likeness (QED) is 0.424. The summed E-state index contributed by atoms with van der Waals surface area (Å²) in [5.74, 6) is -0.405. The molecule has 0 heterocycles. The Bertz CT molecular complexity index is 870. The lowest BCUT2D eigenvalue weighted by atomic mass is 10.3. The highest BCUT2D eigenvalue weighted by molar-refractivity contribution is 8.40. The lowest BCUT2D eigenvalue weighted by molar-refractivity contribution is -0.0505. The Morgan fingerprint density at radius 1 is 0.929 bits per heavy atom. The minimum absolute atomic E-state index is 0.102. The lowest BCUT2D eigenvalue weighted by Gasteiger charge is -2.41. The molecule has 0 atom stereocenters. The Kier molecular flexibility index (Phi) is 7.26. The van der Waals surface area contributed by atoms with Crippen LogP contribution >= 0.6 is 21.8 Å². The van der Waals surface area contributed by atoms with Crippen LogP contribution in [0.15, 0.2) is 29.2 Å².